The maximum Gasteiger partial charge on any atom is 0.337 e. The third kappa shape index (κ3) is 4.61. The highest BCUT2D eigenvalue weighted by Crippen LogP contribution is 2.49. The Kier molecular flexibility index (Phi) is 7.71. The van der Waals surface area contributed by atoms with E-state index in [2.05, 4.69) is 5.32 Å². The number of nitrogens with one attached hydrogen (secondary N) is 1. The number of hydrogen-bond donors (Lipinski definition) is 1. The molecule has 1 aromatic carbocycles. The maximum atomic E-state index is 13.9. The van der Waals surface area contributed by atoms with Crippen LogP contribution in [0, 0.1) is 11.8 Å². The molecule has 1 saturated carbocycles. The van der Waals surface area contributed by atoms with Gasteiger partial charge in [0.1, 0.15) is 12.0 Å². The number of allylic oxidation sites excluding steroid dienone is 3. The molecule has 36 heavy (non-hydrogen) atoms. The van der Waals surface area contributed by atoms with Crippen molar-refractivity contribution in [3.63, 3.8) is 0 Å². The highest BCUT2D eigenvalue weighted by Gasteiger charge is 2.48. The Morgan fingerprint density at radius 2 is 1.75 bits per heavy atom. The van der Waals surface area contributed by atoms with Gasteiger partial charge in [0.2, 0.25) is 0 Å². The van der Waals surface area contributed by atoms with Crippen molar-refractivity contribution in [1.29, 1.82) is 0 Å². The van der Waals surface area contributed by atoms with Gasteiger partial charge in [0.15, 0.2) is 17.3 Å². The largest absolute Gasteiger partial charge is 0.493 e. The number of carbonyl (C=O) groups excluding carboxylic acids is 3. The van der Waals surface area contributed by atoms with Gasteiger partial charge in [-0.2, -0.15) is 0 Å². The van der Waals surface area contributed by atoms with Crippen molar-refractivity contribution in [3.8, 4) is 11.5 Å². The van der Waals surface area contributed by atoms with E-state index in [-0.39, 0.29) is 17.8 Å². The summed E-state index contributed by atoms with van der Waals surface area (Å²) >= 11 is 0. The molecule has 0 amide bonds. The summed E-state index contributed by atoms with van der Waals surface area (Å²) in [6, 6.07) is 5.38. The molecule has 0 radical (unpaired) electrons. The minimum atomic E-state index is -0.955. The molecule has 1 heterocycles. The summed E-state index contributed by atoms with van der Waals surface area (Å²) in [7, 11) is 4.34. The van der Waals surface area contributed by atoms with Crippen molar-refractivity contribution < 1.29 is 33.3 Å². The molecule has 1 fully saturated rings. The van der Waals surface area contributed by atoms with Gasteiger partial charge in [-0.15, -0.1) is 0 Å². The van der Waals surface area contributed by atoms with Crippen LogP contribution in [0.5, 0.6) is 11.5 Å². The molecule has 8 heteroatoms. The molecular formula is C28H35NO7. The van der Waals surface area contributed by atoms with Gasteiger partial charge in [-0.05, 0) is 51.0 Å². The zero-order valence-corrected chi connectivity index (χ0v) is 21.6. The summed E-state index contributed by atoms with van der Waals surface area (Å²) in [4.78, 5) is 40.3. The number of dihydropyridines is 1. The van der Waals surface area contributed by atoms with Crippen molar-refractivity contribution >= 4 is 17.7 Å². The fraction of sp³-hybridized carbons (Fsp3) is 0.536. The molecule has 1 aromatic rings. The lowest BCUT2D eigenvalue weighted by Crippen LogP contribution is -2.43. The first-order valence-electron chi connectivity index (χ1n) is 12.6. The van der Waals surface area contributed by atoms with Crippen LogP contribution in [-0.4, -0.2) is 45.2 Å². The predicted octanol–water partition coefficient (Wildman–Crippen LogP) is 4.19. The number of para-hydroxylation sites is 1. The third-order valence-electron chi connectivity index (χ3n) is 7.53. The number of benzene rings is 1. The number of methoxy groups -OCH3 is 3. The van der Waals surface area contributed by atoms with Crippen LogP contribution >= 0.6 is 0 Å². The van der Waals surface area contributed by atoms with E-state index in [4.69, 9.17) is 18.9 Å². The summed E-state index contributed by atoms with van der Waals surface area (Å²) in [6.45, 7) is 3.68. The first-order valence-corrected chi connectivity index (χ1v) is 12.6. The second kappa shape index (κ2) is 10.8. The fourth-order valence-corrected chi connectivity index (χ4v) is 5.80. The standard InChI is InChI=1S/C28H35NO7/c1-15-14-19-24(25(30)21(15)27(31)35-5)23(18-12-9-13-20(33-3)26(18)34-4)22(16(2)29-19)28(32)36-17-10-7-6-8-11-17/h9,12-13,15,17,21,23,29H,6-8,10-11,14H2,1-5H3/t15-,21+,23+/m1/s1. The number of ketones is 1. The van der Waals surface area contributed by atoms with E-state index in [1.165, 1.54) is 21.3 Å². The van der Waals surface area contributed by atoms with E-state index < -0.39 is 23.8 Å². The Bertz CT molecular complexity index is 1110. The second-order valence-corrected chi connectivity index (χ2v) is 9.78. The van der Waals surface area contributed by atoms with Crippen LogP contribution < -0.4 is 14.8 Å². The van der Waals surface area contributed by atoms with Crippen molar-refractivity contribution in [3.05, 3.63) is 46.3 Å². The molecule has 8 nitrogen and oxygen atoms in total. The van der Waals surface area contributed by atoms with Crippen LogP contribution in [0.2, 0.25) is 0 Å². The van der Waals surface area contributed by atoms with Crippen LogP contribution in [0.1, 0.15) is 63.9 Å². The minimum Gasteiger partial charge on any atom is -0.493 e. The molecule has 0 unspecified atom stereocenters. The zero-order valence-electron chi connectivity index (χ0n) is 21.6. The number of rotatable bonds is 6. The van der Waals surface area contributed by atoms with Crippen molar-refractivity contribution in [2.75, 3.05) is 21.3 Å². The van der Waals surface area contributed by atoms with E-state index in [0.29, 0.717) is 46.0 Å². The fourth-order valence-electron chi connectivity index (χ4n) is 5.80. The molecule has 0 aromatic heterocycles. The molecular weight excluding hydrogens is 462 g/mol. The first kappa shape index (κ1) is 25.8. The molecule has 2 aliphatic carbocycles. The van der Waals surface area contributed by atoms with Crippen LogP contribution in [0.15, 0.2) is 40.7 Å². The smallest absolute Gasteiger partial charge is 0.337 e. The summed E-state index contributed by atoms with van der Waals surface area (Å²) in [5.41, 5.74) is 2.65. The van der Waals surface area contributed by atoms with Crippen molar-refractivity contribution in [2.24, 2.45) is 11.8 Å². The Hall–Kier alpha value is -3.29. The van der Waals surface area contributed by atoms with Crippen LogP contribution in [0.4, 0.5) is 0 Å². The lowest BCUT2D eigenvalue weighted by molar-refractivity contribution is -0.151. The summed E-state index contributed by atoms with van der Waals surface area (Å²) in [5.74, 6) is -2.48. The van der Waals surface area contributed by atoms with Crippen LogP contribution in [0.25, 0.3) is 0 Å². The summed E-state index contributed by atoms with van der Waals surface area (Å²) in [5, 5.41) is 3.30. The third-order valence-corrected chi connectivity index (χ3v) is 7.53. The number of carbonyl (C=O) groups is 3. The molecule has 1 aliphatic heterocycles. The normalized spacial score (nSPS) is 24.6. The molecule has 1 N–H and O–H groups in total. The van der Waals surface area contributed by atoms with Gasteiger partial charge in [-0.25, -0.2) is 4.79 Å². The number of hydrogen-bond acceptors (Lipinski definition) is 8. The van der Waals surface area contributed by atoms with Crippen molar-refractivity contribution in [1.82, 2.24) is 5.32 Å². The minimum absolute atomic E-state index is 0.153. The number of esters is 2. The van der Waals surface area contributed by atoms with Gasteiger partial charge in [-0.3, -0.25) is 9.59 Å². The van der Waals surface area contributed by atoms with Crippen LogP contribution in [0.3, 0.4) is 0 Å². The average molecular weight is 498 g/mol. The van der Waals surface area contributed by atoms with E-state index in [1.807, 2.05) is 19.9 Å². The molecule has 3 aliphatic rings. The monoisotopic (exact) mass is 497 g/mol. The summed E-state index contributed by atoms with van der Waals surface area (Å²) in [6.07, 6.45) is 5.15. The highest BCUT2D eigenvalue weighted by atomic mass is 16.5. The lowest BCUT2D eigenvalue weighted by atomic mass is 9.69. The molecule has 0 spiro atoms. The van der Waals surface area contributed by atoms with Crippen molar-refractivity contribution in [2.45, 2.75) is 64.4 Å². The average Bonchev–Trinajstić information content (AvgIpc) is 2.87. The molecule has 3 atom stereocenters. The Balaban J connectivity index is 1.86. The SMILES string of the molecule is COC(=O)[C@@H]1C(=O)C2=C(C[C@H]1C)NC(C)=C(C(=O)OC1CCCCC1)[C@@H]2c1cccc(OC)c1OC. The Labute approximate surface area is 212 Å². The second-order valence-electron chi connectivity index (χ2n) is 9.78. The number of ether oxygens (including phenoxy) is 4. The van der Waals surface area contributed by atoms with Gasteiger partial charge in [0.05, 0.1) is 32.8 Å². The summed E-state index contributed by atoms with van der Waals surface area (Å²) < 4.78 is 22.2. The molecule has 0 bridgehead atoms. The number of Topliss-reactive ketones (excluding diaryl/α,β-unsaturated/α-hetero) is 1. The van der Waals surface area contributed by atoms with Crippen LogP contribution in [-0.2, 0) is 23.9 Å². The molecule has 0 saturated heterocycles. The van der Waals surface area contributed by atoms with Gasteiger partial charge < -0.3 is 24.3 Å². The van der Waals surface area contributed by atoms with Gasteiger partial charge >= 0.3 is 11.9 Å². The van der Waals surface area contributed by atoms with E-state index in [0.717, 1.165) is 32.1 Å². The van der Waals surface area contributed by atoms with E-state index >= 15 is 0 Å². The Morgan fingerprint density at radius 3 is 2.39 bits per heavy atom. The zero-order chi connectivity index (χ0) is 26.0. The van der Waals surface area contributed by atoms with Gasteiger partial charge in [0.25, 0.3) is 0 Å². The lowest BCUT2D eigenvalue weighted by Gasteiger charge is -2.39. The topological polar surface area (TPSA) is 100 Å². The molecule has 194 valence electrons. The van der Waals surface area contributed by atoms with E-state index in [1.54, 1.807) is 12.1 Å². The van der Waals surface area contributed by atoms with Gasteiger partial charge in [-0.1, -0.05) is 25.5 Å². The quantitative estimate of drug-likeness (QED) is 0.461. The maximum absolute atomic E-state index is 13.9. The van der Waals surface area contributed by atoms with Gasteiger partial charge in [0, 0.05) is 22.5 Å². The van der Waals surface area contributed by atoms with E-state index in [9.17, 15) is 14.4 Å². The highest BCUT2D eigenvalue weighted by molar-refractivity contribution is 6.12. The Morgan fingerprint density at radius 1 is 1.03 bits per heavy atom. The molecule has 4 rings (SSSR count). The first-order chi connectivity index (χ1) is 17.3. The predicted molar refractivity (Wildman–Crippen MR) is 132 cm³/mol.